The summed E-state index contributed by atoms with van der Waals surface area (Å²) in [7, 11) is 0. The second-order valence-corrected chi connectivity index (χ2v) is 6.80. The minimum atomic E-state index is -0.716. The lowest BCUT2D eigenvalue weighted by molar-refractivity contribution is -0.125. The van der Waals surface area contributed by atoms with E-state index in [2.05, 4.69) is 5.32 Å². The maximum absolute atomic E-state index is 12.7. The molecule has 27 heavy (non-hydrogen) atoms. The van der Waals surface area contributed by atoms with E-state index in [1.165, 1.54) is 0 Å². The Balaban J connectivity index is 1.43. The topological polar surface area (TPSA) is 66.0 Å². The number of hydrogen-bond donors (Lipinski definition) is 1. The molecular weight excluding hydrogens is 346 g/mol. The summed E-state index contributed by atoms with van der Waals surface area (Å²) < 4.78 is 22.9. The van der Waals surface area contributed by atoms with E-state index < -0.39 is 6.10 Å². The number of carbonyl (C=O) groups is 1. The molecule has 0 bridgehead atoms. The van der Waals surface area contributed by atoms with Gasteiger partial charge in [0.15, 0.2) is 11.5 Å². The van der Waals surface area contributed by atoms with Crippen molar-refractivity contribution in [2.45, 2.75) is 32.0 Å². The molecule has 1 fully saturated rings. The van der Waals surface area contributed by atoms with Gasteiger partial charge in [-0.2, -0.15) is 0 Å². The molecule has 6 heteroatoms. The Morgan fingerprint density at radius 3 is 2.89 bits per heavy atom. The van der Waals surface area contributed by atoms with Crippen LogP contribution in [0.25, 0.3) is 0 Å². The molecule has 4 rings (SSSR count). The van der Waals surface area contributed by atoms with E-state index >= 15 is 0 Å². The van der Waals surface area contributed by atoms with Crippen LogP contribution in [0.3, 0.4) is 0 Å². The fraction of sp³-hybridized carbons (Fsp3) is 0.381. The van der Waals surface area contributed by atoms with Gasteiger partial charge in [0, 0.05) is 6.61 Å². The first-order valence-electron chi connectivity index (χ1n) is 9.23. The SMILES string of the molecule is Cc1ccc(NC(=O)[C@@H]2COc3ccccc3O2)c(OC[C@H]2CCCO2)c1. The van der Waals surface area contributed by atoms with E-state index in [0.29, 0.717) is 29.5 Å². The Kier molecular flexibility index (Phi) is 5.16. The van der Waals surface area contributed by atoms with Crippen LogP contribution in [-0.2, 0) is 9.53 Å². The number of ether oxygens (including phenoxy) is 4. The van der Waals surface area contributed by atoms with E-state index in [4.69, 9.17) is 18.9 Å². The molecule has 1 amide bonds. The van der Waals surface area contributed by atoms with Crippen molar-refractivity contribution in [2.75, 3.05) is 25.1 Å². The Morgan fingerprint density at radius 2 is 2.07 bits per heavy atom. The molecule has 6 nitrogen and oxygen atoms in total. The van der Waals surface area contributed by atoms with Crippen LogP contribution in [0.5, 0.6) is 17.2 Å². The Morgan fingerprint density at radius 1 is 1.22 bits per heavy atom. The average Bonchev–Trinajstić information content (AvgIpc) is 3.21. The van der Waals surface area contributed by atoms with Crippen molar-refractivity contribution in [3.05, 3.63) is 48.0 Å². The predicted molar refractivity (Wildman–Crippen MR) is 101 cm³/mol. The summed E-state index contributed by atoms with van der Waals surface area (Å²) in [6, 6.07) is 13.0. The number of rotatable bonds is 5. The summed E-state index contributed by atoms with van der Waals surface area (Å²) in [5, 5.41) is 2.90. The van der Waals surface area contributed by atoms with Gasteiger partial charge in [-0.05, 0) is 49.6 Å². The van der Waals surface area contributed by atoms with Crippen LogP contribution in [0, 0.1) is 6.92 Å². The number of carbonyl (C=O) groups excluding carboxylic acids is 1. The number of aryl methyl sites for hydroxylation is 1. The quantitative estimate of drug-likeness (QED) is 0.876. The first-order valence-corrected chi connectivity index (χ1v) is 9.23. The van der Waals surface area contributed by atoms with Crippen molar-refractivity contribution in [2.24, 2.45) is 0 Å². The largest absolute Gasteiger partial charge is 0.489 e. The molecule has 2 aromatic carbocycles. The third kappa shape index (κ3) is 4.17. The van der Waals surface area contributed by atoms with Crippen LogP contribution in [0.15, 0.2) is 42.5 Å². The summed E-state index contributed by atoms with van der Waals surface area (Å²) in [6.45, 7) is 3.41. The molecule has 0 spiro atoms. The maximum Gasteiger partial charge on any atom is 0.269 e. The molecule has 2 atom stereocenters. The lowest BCUT2D eigenvalue weighted by Gasteiger charge is -2.26. The molecule has 0 unspecified atom stereocenters. The molecule has 1 saturated heterocycles. The standard InChI is InChI=1S/C21H23NO5/c1-14-8-9-16(19(11-14)25-12-15-5-4-10-24-15)22-21(23)20-13-26-17-6-2-3-7-18(17)27-20/h2-3,6-9,11,15,20H,4-5,10,12-13H2,1H3,(H,22,23)/t15-,20+/m1/s1. The van der Waals surface area contributed by atoms with Crippen molar-refractivity contribution >= 4 is 11.6 Å². The number of nitrogens with one attached hydrogen (secondary N) is 1. The van der Waals surface area contributed by atoms with Crippen LogP contribution in [0.1, 0.15) is 18.4 Å². The highest BCUT2D eigenvalue weighted by Gasteiger charge is 2.28. The summed E-state index contributed by atoms with van der Waals surface area (Å²) in [6.07, 6.45) is 1.46. The average molecular weight is 369 g/mol. The van der Waals surface area contributed by atoms with Gasteiger partial charge in [-0.1, -0.05) is 18.2 Å². The minimum Gasteiger partial charge on any atom is -0.489 e. The van der Waals surface area contributed by atoms with Gasteiger partial charge in [0.25, 0.3) is 5.91 Å². The molecule has 0 radical (unpaired) electrons. The fourth-order valence-corrected chi connectivity index (χ4v) is 3.17. The van der Waals surface area contributed by atoms with E-state index in [1.54, 1.807) is 6.07 Å². The molecule has 2 aliphatic heterocycles. The van der Waals surface area contributed by atoms with E-state index in [-0.39, 0.29) is 18.6 Å². The fourth-order valence-electron chi connectivity index (χ4n) is 3.17. The van der Waals surface area contributed by atoms with Crippen LogP contribution >= 0.6 is 0 Å². The zero-order valence-corrected chi connectivity index (χ0v) is 15.3. The third-order valence-electron chi connectivity index (χ3n) is 4.64. The van der Waals surface area contributed by atoms with Gasteiger partial charge < -0.3 is 24.3 Å². The summed E-state index contributed by atoms with van der Waals surface area (Å²) in [5.74, 6) is 1.59. The number of anilines is 1. The monoisotopic (exact) mass is 369 g/mol. The van der Waals surface area contributed by atoms with Gasteiger partial charge >= 0.3 is 0 Å². The first-order chi connectivity index (χ1) is 13.2. The van der Waals surface area contributed by atoms with Crippen LogP contribution in [0.2, 0.25) is 0 Å². The minimum absolute atomic E-state index is 0.112. The third-order valence-corrected chi connectivity index (χ3v) is 4.64. The number of amides is 1. The zero-order valence-electron chi connectivity index (χ0n) is 15.3. The van der Waals surface area contributed by atoms with Gasteiger partial charge in [-0.15, -0.1) is 0 Å². The van der Waals surface area contributed by atoms with Gasteiger partial charge in [-0.25, -0.2) is 0 Å². The van der Waals surface area contributed by atoms with E-state index in [1.807, 2.05) is 43.3 Å². The van der Waals surface area contributed by atoms with Crippen molar-refractivity contribution in [1.29, 1.82) is 0 Å². The van der Waals surface area contributed by atoms with Gasteiger partial charge in [-0.3, -0.25) is 4.79 Å². The zero-order chi connectivity index (χ0) is 18.6. The number of fused-ring (bicyclic) bond motifs is 1. The van der Waals surface area contributed by atoms with Gasteiger partial charge in [0.2, 0.25) is 6.10 Å². The lowest BCUT2D eigenvalue weighted by Crippen LogP contribution is -2.40. The van der Waals surface area contributed by atoms with Crippen molar-refractivity contribution in [3.63, 3.8) is 0 Å². The number of para-hydroxylation sites is 2. The summed E-state index contributed by atoms with van der Waals surface area (Å²) in [5.41, 5.74) is 1.67. The number of benzene rings is 2. The molecule has 1 N–H and O–H groups in total. The molecule has 2 heterocycles. The van der Waals surface area contributed by atoms with E-state index in [9.17, 15) is 4.79 Å². The van der Waals surface area contributed by atoms with Crippen LogP contribution in [-0.4, -0.2) is 37.9 Å². The first kappa shape index (κ1) is 17.7. The second kappa shape index (κ2) is 7.88. The van der Waals surface area contributed by atoms with Gasteiger partial charge in [0.05, 0.1) is 11.8 Å². The molecular formula is C21H23NO5. The van der Waals surface area contributed by atoms with Crippen LogP contribution in [0.4, 0.5) is 5.69 Å². The lowest BCUT2D eigenvalue weighted by atomic mass is 10.2. The molecule has 0 aromatic heterocycles. The predicted octanol–water partition coefficient (Wildman–Crippen LogP) is 3.33. The summed E-state index contributed by atoms with van der Waals surface area (Å²) >= 11 is 0. The van der Waals surface area contributed by atoms with Crippen molar-refractivity contribution in [1.82, 2.24) is 0 Å². The van der Waals surface area contributed by atoms with Crippen LogP contribution < -0.4 is 19.5 Å². The Labute approximate surface area is 158 Å². The van der Waals surface area contributed by atoms with Crippen molar-refractivity contribution in [3.8, 4) is 17.2 Å². The molecule has 2 aromatic rings. The normalized spacial score (nSPS) is 20.9. The van der Waals surface area contributed by atoms with Gasteiger partial charge in [0.1, 0.15) is 19.0 Å². The highest BCUT2D eigenvalue weighted by atomic mass is 16.6. The molecule has 0 aliphatic carbocycles. The highest BCUT2D eigenvalue weighted by Crippen LogP contribution is 2.32. The molecule has 142 valence electrons. The smallest absolute Gasteiger partial charge is 0.269 e. The van der Waals surface area contributed by atoms with E-state index in [0.717, 1.165) is 25.0 Å². The Bertz CT molecular complexity index is 816. The second-order valence-electron chi connectivity index (χ2n) is 6.80. The Hall–Kier alpha value is -2.73. The molecule has 2 aliphatic rings. The van der Waals surface area contributed by atoms with Crippen molar-refractivity contribution < 1.29 is 23.7 Å². The maximum atomic E-state index is 12.7. The highest BCUT2D eigenvalue weighted by molar-refractivity contribution is 5.96. The number of hydrogen-bond acceptors (Lipinski definition) is 5. The summed E-state index contributed by atoms with van der Waals surface area (Å²) in [4.78, 5) is 12.7. The molecule has 0 saturated carbocycles.